The molecule has 0 atom stereocenters. The van der Waals surface area contributed by atoms with E-state index in [2.05, 4.69) is 15.6 Å². The third-order valence-corrected chi connectivity index (χ3v) is 6.03. The third-order valence-electron chi connectivity index (χ3n) is 5.67. The van der Waals surface area contributed by atoms with Crippen molar-refractivity contribution in [1.29, 1.82) is 0 Å². The maximum atomic E-state index is 12.4. The van der Waals surface area contributed by atoms with E-state index in [1.165, 1.54) is 0 Å². The van der Waals surface area contributed by atoms with E-state index in [0.29, 0.717) is 36.6 Å². The highest BCUT2D eigenvalue weighted by atomic mass is 35.5. The summed E-state index contributed by atoms with van der Waals surface area (Å²) in [6.45, 7) is 0.884. The van der Waals surface area contributed by atoms with Gasteiger partial charge in [-0.15, -0.1) is 0 Å². The molecule has 7 nitrogen and oxygen atoms in total. The molecule has 0 saturated heterocycles. The van der Waals surface area contributed by atoms with E-state index in [4.69, 9.17) is 16.3 Å². The SMILES string of the molecule is COc1ccc(CCC(=O)Nc2ccc(Cn3cnc(C(=O)NCc4ccccc4Cl)c3)cc2)cc1. The van der Waals surface area contributed by atoms with Gasteiger partial charge in [0.1, 0.15) is 11.4 Å². The predicted molar refractivity (Wildman–Crippen MR) is 140 cm³/mol. The van der Waals surface area contributed by atoms with Gasteiger partial charge in [-0.1, -0.05) is 54.1 Å². The van der Waals surface area contributed by atoms with Gasteiger partial charge in [0, 0.05) is 36.4 Å². The van der Waals surface area contributed by atoms with Gasteiger partial charge < -0.3 is 19.9 Å². The Morgan fingerprint density at radius 3 is 2.42 bits per heavy atom. The van der Waals surface area contributed by atoms with Crippen LogP contribution in [0.15, 0.2) is 85.3 Å². The van der Waals surface area contributed by atoms with Gasteiger partial charge in [-0.2, -0.15) is 0 Å². The summed E-state index contributed by atoms with van der Waals surface area (Å²) in [4.78, 5) is 29.0. The van der Waals surface area contributed by atoms with Crippen molar-refractivity contribution in [1.82, 2.24) is 14.9 Å². The van der Waals surface area contributed by atoms with Gasteiger partial charge in [-0.05, 0) is 53.4 Å². The van der Waals surface area contributed by atoms with Crippen molar-refractivity contribution in [3.05, 3.63) is 113 Å². The van der Waals surface area contributed by atoms with E-state index in [9.17, 15) is 9.59 Å². The monoisotopic (exact) mass is 502 g/mol. The van der Waals surface area contributed by atoms with Gasteiger partial charge in [0.15, 0.2) is 0 Å². The zero-order valence-electron chi connectivity index (χ0n) is 19.9. The number of hydrogen-bond donors (Lipinski definition) is 2. The second-order valence-electron chi connectivity index (χ2n) is 8.30. The fraction of sp³-hybridized carbons (Fsp3) is 0.179. The molecule has 0 spiro atoms. The van der Waals surface area contributed by atoms with Gasteiger partial charge >= 0.3 is 0 Å². The van der Waals surface area contributed by atoms with Crippen LogP contribution in [0.4, 0.5) is 5.69 Å². The molecule has 0 saturated carbocycles. The molecule has 0 aliphatic carbocycles. The van der Waals surface area contributed by atoms with E-state index in [1.54, 1.807) is 25.7 Å². The number of aryl methyl sites for hydroxylation is 1. The molecule has 0 aliphatic rings. The third kappa shape index (κ3) is 6.96. The Morgan fingerprint density at radius 2 is 1.69 bits per heavy atom. The Bertz CT molecular complexity index is 1320. The molecule has 0 fully saturated rings. The molecule has 2 amide bonds. The first-order chi connectivity index (χ1) is 17.5. The summed E-state index contributed by atoms with van der Waals surface area (Å²) < 4.78 is 7.00. The van der Waals surface area contributed by atoms with Crippen molar-refractivity contribution in [3.8, 4) is 5.75 Å². The van der Waals surface area contributed by atoms with Gasteiger partial charge in [0.2, 0.25) is 5.91 Å². The molecule has 2 N–H and O–H groups in total. The van der Waals surface area contributed by atoms with Crippen molar-refractivity contribution in [2.24, 2.45) is 0 Å². The first-order valence-corrected chi connectivity index (χ1v) is 11.9. The van der Waals surface area contributed by atoms with Crippen LogP contribution in [0, 0.1) is 0 Å². The predicted octanol–water partition coefficient (Wildman–Crippen LogP) is 5.09. The zero-order chi connectivity index (χ0) is 25.3. The number of rotatable bonds is 10. The summed E-state index contributed by atoms with van der Waals surface area (Å²) in [5.41, 5.74) is 4.02. The number of halogens is 1. The highest BCUT2D eigenvalue weighted by Gasteiger charge is 2.10. The molecule has 4 aromatic rings. The minimum absolute atomic E-state index is 0.0411. The summed E-state index contributed by atoms with van der Waals surface area (Å²) in [6, 6.07) is 22.7. The van der Waals surface area contributed by atoms with Crippen LogP contribution < -0.4 is 15.4 Å². The van der Waals surface area contributed by atoms with Crippen LogP contribution in [0.2, 0.25) is 5.02 Å². The average molecular weight is 503 g/mol. The van der Waals surface area contributed by atoms with Gasteiger partial charge in [-0.25, -0.2) is 4.98 Å². The second kappa shape index (κ2) is 12.0. The van der Waals surface area contributed by atoms with E-state index in [1.807, 2.05) is 71.3 Å². The van der Waals surface area contributed by atoms with Crippen LogP contribution in [-0.2, 0) is 24.3 Å². The second-order valence-corrected chi connectivity index (χ2v) is 8.71. The minimum Gasteiger partial charge on any atom is -0.497 e. The first-order valence-electron chi connectivity index (χ1n) is 11.6. The number of ether oxygens (including phenoxy) is 1. The molecule has 0 aliphatic heterocycles. The minimum atomic E-state index is -0.263. The van der Waals surface area contributed by atoms with E-state index < -0.39 is 0 Å². The Morgan fingerprint density at radius 1 is 0.972 bits per heavy atom. The molecular weight excluding hydrogens is 476 g/mol. The normalized spacial score (nSPS) is 10.6. The van der Waals surface area contributed by atoms with Crippen molar-refractivity contribution in [2.45, 2.75) is 25.9 Å². The molecule has 0 unspecified atom stereocenters. The van der Waals surface area contributed by atoms with Crippen molar-refractivity contribution >= 4 is 29.1 Å². The quantitative estimate of drug-likeness (QED) is 0.316. The van der Waals surface area contributed by atoms with Crippen molar-refractivity contribution in [2.75, 3.05) is 12.4 Å². The number of carbonyl (C=O) groups excluding carboxylic acids is 2. The smallest absolute Gasteiger partial charge is 0.271 e. The van der Waals surface area contributed by atoms with Gasteiger partial charge in [0.05, 0.1) is 13.4 Å². The number of aromatic nitrogens is 2. The Balaban J connectivity index is 1.24. The van der Waals surface area contributed by atoms with Crippen molar-refractivity contribution < 1.29 is 14.3 Å². The fourth-order valence-corrected chi connectivity index (χ4v) is 3.85. The molecule has 36 heavy (non-hydrogen) atoms. The highest BCUT2D eigenvalue weighted by molar-refractivity contribution is 6.31. The van der Waals surface area contributed by atoms with Crippen LogP contribution >= 0.6 is 11.6 Å². The Hall–Kier alpha value is -4.10. The maximum Gasteiger partial charge on any atom is 0.271 e. The van der Waals surface area contributed by atoms with Crippen LogP contribution in [0.5, 0.6) is 5.75 Å². The summed E-state index contributed by atoms with van der Waals surface area (Å²) in [5.74, 6) is 0.494. The summed E-state index contributed by atoms with van der Waals surface area (Å²) >= 11 is 6.14. The average Bonchev–Trinajstić information content (AvgIpc) is 3.37. The highest BCUT2D eigenvalue weighted by Crippen LogP contribution is 2.16. The topological polar surface area (TPSA) is 85.2 Å². The molecule has 3 aromatic carbocycles. The lowest BCUT2D eigenvalue weighted by Gasteiger charge is -2.08. The zero-order valence-corrected chi connectivity index (χ0v) is 20.7. The van der Waals surface area contributed by atoms with Crippen LogP contribution in [-0.4, -0.2) is 28.5 Å². The molecule has 1 heterocycles. The Labute approximate surface area is 215 Å². The molecule has 1 aromatic heterocycles. The molecule has 0 bridgehead atoms. The summed E-state index contributed by atoms with van der Waals surface area (Å²) in [7, 11) is 1.63. The molecule has 184 valence electrons. The number of anilines is 1. The van der Waals surface area contributed by atoms with E-state index in [-0.39, 0.29) is 11.8 Å². The van der Waals surface area contributed by atoms with Gasteiger partial charge in [-0.3, -0.25) is 9.59 Å². The van der Waals surface area contributed by atoms with Gasteiger partial charge in [0.25, 0.3) is 5.91 Å². The summed E-state index contributed by atoms with van der Waals surface area (Å²) in [5, 5.41) is 6.38. The maximum absolute atomic E-state index is 12.4. The number of amides is 2. The number of carbonyl (C=O) groups is 2. The first kappa shape index (κ1) is 25.0. The lowest BCUT2D eigenvalue weighted by atomic mass is 10.1. The lowest BCUT2D eigenvalue weighted by Crippen LogP contribution is -2.23. The molecular formula is C28H27ClN4O3. The summed E-state index contributed by atoms with van der Waals surface area (Å²) in [6.07, 6.45) is 4.38. The molecule has 8 heteroatoms. The lowest BCUT2D eigenvalue weighted by molar-refractivity contribution is -0.116. The number of nitrogens with zero attached hydrogens (tertiary/aromatic N) is 2. The number of hydrogen-bond acceptors (Lipinski definition) is 4. The standard InChI is InChI=1S/C28H27ClN4O3/c1-36-24-13-8-20(9-14-24)10-15-27(34)32-23-11-6-21(7-12-23)17-33-18-26(31-19-33)28(35)30-16-22-4-2-3-5-25(22)29/h2-9,11-14,18-19H,10,15-17H2,1H3,(H,30,35)(H,32,34). The number of methoxy groups -OCH3 is 1. The molecule has 0 radical (unpaired) electrons. The van der Waals surface area contributed by atoms with Crippen LogP contribution in [0.3, 0.4) is 0 Å². The van der Waals surface area contributed by atoms with E-state index in [0.717, 1.165) is 28.1 Å². The molecule has 4 rings (SSSR count). The number of imidazole rings is 1. The number of nitrogens with one attached hydrogen (secondary N) is 2. The van der Waals surface area contributed by atoms with Crippen LogP contribution in [0.25, 0.3) is 0 Å². The number of benzene rings is 3. The fourth-order valence-electron chi connectivity index (χ4n) is 3.65. The van der Waals surface area contributed by atoms with Crippen LogP contribution in [0.1, 0.15) is 33.6 Å². The van der Waals surface area contributed by atoms with Crippen molar-refractivity contribution in [3.63, 3.8) is 0 Å². The van der Waals surface area contributed by atoms with E-state index >= 15 is 0 Å². The largest absolute Gasteiger partial charge is 0.497 e. The Kier molecular flexibility index (Phi) is 8.36.